The van der Waals surface area contributed by atoms with Crippen LogP contribution in [0.4, 0.5) is 4.79 Å². The fourth-order valence-electron chi connectivity index (χ4n) is 1.50. The minimum atomic E-state index is -0.582. The van der Waals surface area contributed by atoms with E-state index in [4.69, 9.17) is 9.47 Å². The molecule has 0 aliphatic rings. The van der Waals surface area contributed by atoms with Gasteiger partial charge in [-0.3, -0.25) is 10.2 Å². The first-order chi connectivity index (χ1) is 8.93. The van der Waals surface area contributed by atoms with Crippen LogP contribution < -0.4 is 5.43 Å². The van der Waals surface area contributed by atoms with Crippen LogP contribution in [-0.2, 0) is 14.3 Å². The van der Waals surface area contributed by atoms with Crippen molar-refractivity contribution in [3.05, 3.63) is 0 Å². The SMILES string of the molecule is CCOC(=O)CN(CC(C)(C)C)NC(=O)OC(C)(C)C. The average Bonchev–Trinajstić information content (AvgIpc) is 2.10. The molecule has 1 amide bonds. The number of esters is 1. The van der Waals surface area contributed by atoms with Crippen molar-refractivity contribution in [2.24, 2.45) is 5.41 Å². The molecule has 0 rings (SSSR count). The Morgan fingerprint density at radius 1 is 1.10 bits per heavy atom. The Morgan fingerprint density at radius 3 is 2.05 bits per heavy atom. The number of rotatable bonds is 5. The predicted molar refractivity (Wildman–Crippen MR) is 77.0 cm³/mol. The van der Waals surface area contributed by atoms with Crippen molar-refractivity contribution < 1.29 is 19.1 Å². The Kier molecular flexibility index (Phi) is 6.99. The second kappa shape index (κ2) is 7.47. The molecule has 0 saturated carbocycles. The van der Waals surface area contributed by atoms with Gasteiger partial charge in [-0.2, -0.15) is 0 Å². The minimum Gasteiger partial charge on any atom is -0.465 e. The molecular weight excluding hydrogens is 260 g/mol. The van der Waals surface area contributed by atoms with E-state index in [2.05, 4.69) is 5.43 Å². The molecule has 1 N–H and O–H groups in total. The summed E-state index contributed by atoms with van der Waals surface area (Å²) in [6.07, 6.45) is -0.578. The van der Waals surface area contributed by atoms with E-state index in [-0.39, 0.29) is 17.9 Å². The number of nitrogens with zero attached hydrogens (tertiary/aromatic N) is 1. The van der Waals surface area contributed by atoms with Crippen molar-refractivity contribution in [3.63, 3.8) is 0 Å². The molecule has 0 aromatic carbocycles. The average molecular weight is 288 g/mol. The molecule has 0 unspecified atom stereocenters. The summed E-state index contributed by atoms with van der Waals surface area (Å²) in [5.41, 5.74) is 1.93. The van der Waals surface area contributed by atoms with Crippen molar-refractivity contribution in [2.75, 3.05) is 19.7 Å². The highest BCUT2D eigenvalue weighted by molar-refractivity contribution is 5.73. The van der Waals surface area contributed by atoms with Gasteiger partial charge in [0.05, 0.1) is 6.61 Å². The first-order valence-electron chi connectivity index (χ1n) is 6.83. The highest BCUT2D eigenvalue weighted by Gasteiger charge is 2.23. The molecule has 0 fully saturated rings. The topological polar surface area (TPSA) is 67.9 Å². The van der Waals surface area contributed by atoms with Gasteiger partial charge in [0.2, 0.25) is 0 Å². The Morgan fingerprint density at radius 2 is 1.65 bits per heavy atom. The van der Waals surface area contributed by atoms with Crippen molar-refractivity contribution >= 4 is 12.1 Å². The summed E-state index contributed by atoms with van der Waals surface area (Å²) in [4.78, 5) is 23.3. The van der Waals surface area contributed by atoms with E-state index in [9.17, 15) is 9.59 Å². The summed E-state index contributed by atoms with van der Waals surface area (Å²) in [5.74, 6) is -0.382. The normalized spacial score (nSPS) is 12.2. The van der Waals surface area contributed by atoms with Crippen LogP contribution in [0, 0.1) is 5.41 Å². The van der Waals surface area contributed by atoms with Gasteiger partial charge in [-0.1, -0.05) is 20.8 Å². The van der Waals surface area contributed by atoms with E-state index in [0.29, 0.717) is 13.2 Å². The smallest absolute Gasteiger partial charge is 0.422 e. The van der Waals surface area contributed by atoms with Crippen LogP contribution in [0.5, 0.6) is 0 Å². The van der Waals surface area contributed by atoms with Crippen LogP contribution in [0.2, 0.25) is 0 Å². The lowest BCUT2D eigenvalue weighted by Gasteiger charge is -2.30. The van der Waals surface area contributed by atoms with Crippen molar-refractivity contribution in [1.29, 1.82) is 0 Å². The maximum Gasteiger partial charge on any atom is 0.422 e. The third-order valence-electron chi connectivity index (χ3n) is 1.94. The summed E-state index contributed by atoms with van der Waals surface area (Å²) < 4.78 is 10.1. The van der Waals surface area contributed by atoms with Crippen LogP contribution in [-0.4, -0.2) is 42.4 Å². The quantitative estimate of drug-likeness (QED) is 0.621. The van der Waals surface area contributed by atoms with E-state index in [1.165, 1.54) is 5.01 Å². The second-order valence-corrected chi connectivity index (χ2v) is 6.84. The summed E-state index contributed by atoms with van der Waals surface area (Å²) in [7, 11) is 0. The van der Waals surface area contributed by atoms with Crippen molar-refractivity contribution in [1.82, 2.24) is 10.4 Å². The van der Waals surface area contributed by atoms with E-state index < -0.39 is 11.7 Å². The van der Waals surface area contributed by atoms with Crippen LogP contribution in [0.15, 0.2) is 0 Å². The monoisotopic (exact) mass is 288 g/mol. The van der Waals surface area contributed by atoms with Gasteiger partial charge in [-0.05, 0) is 33.1 Å². The Labute approximate surface area is 121 Å². The molecule has 118 valence electrons. The number of hydrogen-bond acceptors (Lipinski definition) is 5. The number of nitrogens with one attached hydrogen (secondary N) is 1. The van der Waals surface area contributed by atoms with E-state index in [0.717, 1.165) is 0 Å². The molecule has 0 aromatic heterocycles. The van der Waals surface area contributed by atoms with Gasteiger partial charge in [-0.25, -0.2) is 9.80 Å². The molecule has 0 spiro atoms. The van der Waals surface area contributed by atoms with E-state index in [1.54, 1.807) is 27.7 Å². The molecule has 0 heterocycles. The molecule has 0 aliphatic heterocycles. The zero-order valence-corrected chi connectivity index (χ0v) is 13.7. The number of carbonyl (C=O) groups excluding carboxylic acids is 2. The van der Waals surface area contributed by atoms with E-state index in [1.807, 2.05) is 20.8 Å². The number of ether oxygens (including phenoxy) is 2. The lowest BCUT2D eigenvalue weighted by molar-refractivity contribution is -0.145. The van der Waals surface area contributed by atoms with Gasteiger partial charge < -0.3 is 9.47 Å². The second-order valence-electron chi connectivity index (χ2n) is 6.84. The lowest BCUT2D eigenvalue weighted by Crippen LogP contribution is -2.50. The summed E-state index contributed by atoms with van der Waals surface area (Å²) in [6.45, 7) is 14.0. The van der Waals surface area contributed by atoms with Crippen LogP contribution in [0.3, 0.4) is 0 Å². The van der Waals surface area contributed by atoms with Crippen LogP contribution in [0.25, 0.3) is 0 Å². The zero-order valence-electron chi connectivity index (χ0n) is 13.7. The van der Waals surface area contributed by atoms with E-state index >= 15 is 0 Å². The number of hydrazine groups is 1. The maximum atomic E-state index is 11.8. The Bertz CT molecular complexity index is 329. The minimum absolute atomic E-state index is 0.00957. The Hall–Kier alpha value is -1.30. The largest absolute Gasteiger partial charge is 0.465 e. The van der Waals surface area contributed by atoms with Gasteiger partial charge in [-0.15, -0.1) is 0 Å². The van der Waals surface area contributed by atoms with Gasteiger partial charge in [0.25, 0.3) is 0 Å². The van der Waals surface area contributed by atoms with Crippen LogP contribution >= 0.6 is 0 Å². The molecule has 6 heteroatoms. The zero-order chi connectivity index (χ0) is 16.0. The van der Waals surface area contributed by atoms with Crippen molar-refractivity contribution in [2.45, 2.75) is 54.1 Å². The summed E-state index contributed by atoms with van der Waals surface area (Å²) in [6, 6.07) is 0. The molecule has 0 saturated heterocycles. The molecule has 0 bridgehead atoms. The molecule has 6 nitrogen and oxygen atoms in total. The van der Waals surface area contributed by atoms with Gasteiger partial charge in [0.1, 0.15) is 12.1 Å². The third kappa shape index (κ3) is 10.6. The van der Waals surface area contributed by atoms with Gasteiger partial charge in [0, 0.05) is 6.54 Å². The first kappa shape index (κ1) is 18.7. The fourth-order valence-corrected chi connectivity index (χ4v) is 1.50. The summed E-state index contributed by atoms with van der Waals surface area (Å²) in [5, 5.41) is 1.52. The highest BCUT2D eigenvalue weighted by atomic mass is 16.6. The highest BCUT2D eigenvalue weighted by Crippen LogP contribution is 2.14. The lowest BCUT2D eigenvalue weighted by atomic mass is 9.97. The van der Waals surface area contributed by atoms with Gasteiger partial charge >= 0.3 is 12.1 Å². The number of amides is 1. The predicted octanol–water partition coefficient (Wildman–Crippen LogP) is 2.34. The standard InChI is InChI=1S/C14H28N2O4/c1-8-19-11(17)9-16(10-13(2,3)4)15-12(18)20-14(5,6)7/h8-10H2,1-7H3,(H,15,18). The number of carbonyl (C=O) groups is 2. The molecule has 0 aromatic rings. The summed E-state index contributed by atoms with van der Waals surface area (Å²) >= 11 is 0. The van der Waals surface area contributed by atoms with Gasteiger partial charge in [0.15, 0.2) is 0 Å². The Balaban J connectivity index is 4.60. The van der Waals surface area contributed by atoms with Crippen molar-refractivity contribution in [3.8, 4) is 0 Å². The molecule has 0 atom stereocenters. The fraction of sp³-hybridized carbons (Fsp3) is 0.857. The third-order valence-corrected chi connectivity index (χ3v) is 1.94. The maximum absolute atomic E-state index is 11.8. The first-order valence-corrected chi connectivity index (χ1v) is 6.83. The number of hydrogen-bond donors (Lipinski definition) is 1. The molecule has 20 heavy (non-hydrogen) atoms. The molecule has 0 aliphatic carbocycles. The van der Waals surface area contributed by atoms with Crippen LogP contribution in [0.1, 0.15) is 48.5 Å². The molecule has 0 radical (unpaired) electrons. The molecular formula is C14H28N2O4.